The van der Waals surface area contributed by atoms with Crippen LogP contribution in [0, 0.1) is 0 Å². The molecule has 0 saturated heterocycles. The minimum absolute atomic E-state index is 0.0913. The van der Waals surface area contributed by atoms with Crippen molar-refractivity contribution in [3.05, 3.63) is 27.1 Å². The summed E-state index contributed by atoms with van der Waals surface area (Å²) in [6.45, 7) is 13.9. The number of rotatable bonds is 5. The van der Waals surface area contributed by atoms with E-state index in [2.05, 4.69) is 72.6 Å². The summed E-state index contributed by atoms with van der Waals surface area (Å²) in [6, 6.07) is 5.91. The van der Waals surface area contributed by atoms with Crippen molar-refractivity contribution in [3.8, 4) is 5.75 Å². The average Bonchev–Trinajstić information content (AvgIpc) is 2.22. The van der Waals surface area contributed by atoms with E-state index >= 15 is 0 Å². The predicted molar refractivity (Wildman–Crippen MR) is 95.1 cm³/mol. The van der Waals surface area contributed by atoms with Crippen LogP contribution in [-0.2, 0) is 4.43 Å². The molecule has 114 valence electrons. The van der Waals surface area contributed by atoms with E-state index in [9.17, 15) is 0 Å². The smallest absolute Gasteiger partial charge is 0.192 e. The fraction of sp³-hybridized carbons (Fsp3) is 0.600. The molecule has 0 aromatic heterocycles. The second-order valence-electron chi connectivity index (χ2n) is 6.60. The molecule has 0 aliphatic rings. The Hall–Kier alpha value is 0.157. The van der Waals surface area contributed by atoms with E-state index in [0.29, 0.717) is 6.61 Å². The zero-order valence-electron chi connectivity index (χ0n) is 13.1. The molecule has 20 heavy (non-hydrogen) atoms. The third-order valence-corrected chi connectivity index (χ3v) is 9.14. The summed E-state index contributed by atoms with van der Waals surface area (Å²) in [5.74, 6) is 0.844. The first-order chi connectivity index (χ1) is 9.01. The van der Waals surface area contributed by atoms with Crippen molar-refractivity contribution >= 4 is 40.2 Å². The summed E-state index contributed by atoms with van der Waals surface area (Å²) in [6.07, 6.45) is 0.0913. The Kier molecular flexibility index (Phi) is 6.32. The highest BCUT2D eigenvalue weighted by Crippen LogP contribution is 2.37. The normalized spacial score (nSPS) is 14.2. The third-order valence-electron chi connectivity index (χ3n) is 3.62. The molecule has 0 saturated carbocycles. The van der Waals surface area contributed by atoms with Crippen LogP contribution in [0.5, 0.6) is 5.75 Å². The van der Waals surface area contributed by atoms with Crippen molar-refractivity contribution in [2.24, 2.45) is 0 Å². The molecule has 1 aromatic rings. The molecular formula is C15H24Br2O2Si. The molecule has 1 unspecified atom stereocenters. The number of hydrogen-bond donors (Lipinski definition) is 0. The van der Waals surface area contributed by atoms with Gasteiger partial charge in [-0.1, -0.05) is 52.6 Å². The highest BCUT2D eigenvalue weighted by atomic mass is 79.9. The molecule has 1 rings (SSSR count). The van der Waals surface area contributed by atoms with E-state index in [-0.39, 0.29) is 11.1 Å². The van der Waals surface area contributed by atoms with Gasteiger partial charge < -0.3 is 9.16 Å². The van der Waals surface area contributed by atoms with E-state index in [1.165, 1.54) is 0 Å². The van der Waals surface area contributed by atoms with Gasteiger partial charge in [0.1, 0.15) is 12.4 Å². The summed E-state index contributed by atoms with van der Waals surface area (Å²) in [7, 11) is -1.73. The van der Waals surface area contributed by atoms with Gasteiger partial charge >= 0.3 is 0 Å². The van der Waals surface area contributed by atoms with E-state index in [4.69, 9.17) is 9.16 Å². The molecule has 2 nitrogen and oxygen atoms in total. The molecule has 1 atom stereocenters. The lowest BCUT2D eigenvalue weighted by molar-refractivity contribution is 0.129. The Balaban J connectivity index is 2.57. The van der Waals surface area contributed by atoms with Crippen molar-refractivity contribution in [3.63, 3.8) is 0 Å². The van der Waals surface area contributed by atoms with Gasteiger partial charge in [0, 0.05) is 8.95 Å². The number of ether oxygens (including phenoxy) is 1. The Bertz CT molecular complexity index is 435. The minimum Gasteiger partial charge on any atom is -0.491 e. The van der Waals surface area contributed by atoms with Gasteiger partial charge in [0.15, 0.2) is 8.32 Å². The molecule has 0 aliphatic carbocycles. The molecule has 0 fully saturated rings. The average molecular weight is 424 g/mol. The second-order valence-corrected chi connectivity index (χ2v) is 13.2. The van der Waals surface area contributed by atoms with Crippen LogP contribution >= 0.6 is 31.9 Å². The van der Waals surface area contributed by atoms with Crippen molar-refractivity contribution in [1.29, 1.82) is 0 Å². The van der Waals surface area contributed by atoms with Crippen LogP contribution in [-0.4, -0.2) is 21.0 Å². The van der Waals surface area contributed by atoms with Gasteiger partial charge in [-0.15, -0.1) is 0 Å². The molecule has 0 radical (unpaired) electrons. The van der Waals surface area contributed by atoms with Crippen molar-refractivity contribution in [1.82, 2.24) is 0 Å². The van der Waals surface area contributed by atoms with Crippen LogP contribution < -0.4 is 4.74 Å². The van der Waals surface area contributed by atoms with Crippen molar-refractivity contribution in [2.75, 3.05) is 6.61 Å². The molecule has 0 spiro atoms. The van der Waals surface area contributed by atoms with E-state index < -0.39 is 8.32 Å². The first kappa shape index (κ1) is 18.2. The predicted octanol–water partition coefficient (Wildman–Crippen LogP) is 6.00. The molecule has 1 aromatic carbocycles. The van der Waals surface area contributed by atoms with E-state index in [1.807, 2.05) is 18.2 Å². The topological polar surface area (TPSA) is 18.5 Å². The van der Waals surface area contributed by atoms with Crippen LogP contribution in [0.4, 0.5) is 0 Å². The highest BCUT2D eigenvalue weighted by Gasteiger charge is 2.38. The molecule has 0 aliphatic heterocycles. The Morgan fingerprint density at radius 2 is 1.60 bits per heavy atom. The monoisotopic (exact) mass is 422 g/mol. The zero-order valence-corrected chi connectivity index (χ0v) is 17.3. The van der Waals surface area contributed by atoms with Crippen LogP contribution in [0.2, 0.25) is 18.1 Å². The molecule has 0 N–H and O–H groups in total. The quantitative estimate of drug-likeness (QED) is 0.540. The molecule has 0 heterocycles. The van der Waals surface area contributed by atoms with Gasteiger partial charge in [0.25, 0.3) is 0 Å². The molecule has 5 heteroatoms. The van der Waals surface area contributed by atoms with Gasteiger partial charge in [-0.25, -0.2) is 0 Å². The van der Waals surface area contributed by atoms with E-state index in [1.54, 1.807) is 0 Å². The Morgan fingerprint density at radius 3 is 2.05 bits per heavy atom. The first-order valence-corrected chi connectivity index (χ1v) is 11.3. The lowest BCUT2D eigenvalue weighted by atomic mass is 10.2. The summed E-state index contributed by atoms with van der Waals surface area (Å²) in [4.78, 5) is 0. The maximum absolute atomic E-state index is 6.27. The standard InChI is InChI=1S/C15H24Br2O2Si/c1-11(19-20(5,6)15(2,3)4)10-18-14-8-12(16)7-13(17)9-14/h7-9,11H,10H2,1-6H3. The van der Waals surface area contributed by atoms with Crippen molar-refractivity contribution in [2.45, 2.75) is 51.9 Å². The van der Waals surface area contributed by atoms with Crippen LogP contribution in [0.1, 0.15) is 27.7 Å². The highest BCUT2D eigenvalue weighted by molar-refractivity contribution is 9.11. The van der Waals surface area contributed by atoms with Gasteiger partial charge in [0.05, 0.1) is 6.10 Å². The summed E-state index contributed by atoms with van der Waals surface area (Å²) in [5, 5.41) is 0.222. The lowest BCUT2D eigenvalue weighted by Crippen LogP contribution is -2.44. The minimum atomic E-state index is -1.73. The second kappa shape index (κ2) is 6.94. The maximum Gasteiger partial charge on any atom is 0.192 e. The zero-order chi connectivity index (χ0) is 15.6. The first-order valence-electron chi connectivity index (χ1n) is 6.78. The Morgan fingerprint density at radius 1 is 1.10 bits per heavy atom. The van der Waals surface area contributed by atoms with Crippen LogP contribution in [0.3, 0.4) is 0 Å². The largest absolute Gasteiger partial charge is 0.491 e. The lowest BCUT2D eigenvalue weighted by Gasteiger charge is -2.38. The maximum atomic E-state index is 6.27. The van der Waals surface area contributed by atoms with Crippen LogP contribution in [0.15, 0.2) is 27.1 Å². The number of halogens is 2. The van der Waals surface area contributed by atoms with Gasteiger partial charge in [0.2, 0.25) is 0 Å². The van der Waals surface area contributed by atoms with Crippen molar-refractivity contribution < 1.29 is 9.16 Å². The SMILES string of the molecule is CC(COc1cc(Br)cc(Br)c1)O[Si](C)(C)C(C)(C)C. The van der Waals surface area contributed by atoms with Crippen LogP contribution in [0.25, 0.3) is 0 Å². The third kappa shape index (κ3) is 5.51. The van der Waals surface area contributed by atoms with E-state index in [0.717, 1.165) is 14.7 Å². The van der Waals surface area contributed by atoms with Gasteiger partial charge in [-0.05, 0) is 43.3 Å². The van der Waals surface area contributed by atoms with Gasteiger partial charge in [-0.3, -0.25) is 0 Å². The molecular weight excluding hydrogens is 400 g/mol. The molecule has 0 amide bonds. The summed E-state index contributed by atoms with van der Waals surface area (Å²) < 4.78 is 14.1. The van der Waals surface area contributed by atoms with Gasteiger partial charge in [-0.2, -0.15) is 0 Å². The number of benzene rings is 1. The summed E-state index contributed by atoms with van der Waals surface area (Å²) >= 11 is 6.92. The Labute approximate surface area is 140 Å². The fourth-order valence-corrected chi connectivity index (χ4v) is 4.22. The fourth-order valence-electron chi connectivity index (χ4n) is 1.54. The molecule has 0 bridgehead atoms. The number of hydrogen-bond acceptors (Lipinski definition) is 2. The summed E-state index contributed by atoms with van der Waals surface area (Å²) in [5.41, 5.74) is 0.